The maximum atomic E-state index is 13.1. The third-order valence-corrected chi connectivity index (χ3v) is 4.47. The predicted molar refractivity (Wildman–Crippen MR) is 108 cm³/mol. The molecule has 6 nitrogen and oxygen atoms in total. The Morgan fingerprint density at radius 2 is 1.67 bits per heavy atom. The summed E-state index contributed by atoms with van der Waals surface area (Å²) in [4.78, 5) is 16.2. The number of aromatic nitrogens is 2. The lowest BCUT2D eigenvalue weighted by atomic mass is 10.2. The molecule has 0 spiro atoms. The summed E-state index contributed by atoms with van der Waals surface area (Å²) in [7, 11) is 1.62. The molecule has 0 aliphatic heterocycles. The highest BCUT2D eigenvalue weighted by Crippen LogP contribution is 2.30. The van der Waals surface area contributed by atoms with E-state index in [2.05, 4.69) is 4.98 Å². The van der Waals surface area contributed by atoms with E-state index in [0.29, 0.717) is 46.9 Å². The normalized spacial score (nSPS) is 10.8. The first-order valence-corrected chi connectivity index (χ1v) is 9.17. The average Bonchev–Trinajstić information content (AvgIpc) is 2.67. The molecule has 0 aliphatic rings. The van der Waals surface area contributed by atoms with Gasteiger partial charge in [-0.1, -0.05) is 12.1 Å². The van der Waals surface area contributed by atoms with Crippen LogP contribution in [0.25, 0.3) is 10.9 Å². The van der Waals surface area contributed by atoms with Crippen molar-refractivity contribution in [2.45, 2.75) is 20.4 Å². The quantitative estimate of drug-likeness (QED) is 0.624. The summed E-state index contributed by atoms with van der Waals surface area (Å²) >= 11 is 5.42. The molecule has 0 saturated carbocycles. The van der Waals surface area contributed by atoms with Gasteiger partial charge in [0.1, 0.15) is 5.75 Å². The summed E-state index contributed by atoms with van der Waals surface area (Å²) in [5, 5.41) is 0.504. The molecular formula is C20H22N2O4S. The van der Waals surface area contributed by atoms with Crippen molar-refractivity contribution < 1.29 is 14.2 Å². The van der Waals surface area contributed by atoms with E-state index in [4.69, 9.17) is 26.4 Å². The zero-order chi connectivity index (χ0) is 19.4. The Hall–Kier alpha value is -2.80. The predicted octanol–water partition coefficient (Wildman–Crippen LogP) is 3.91. The van der Waals surface area contributed by atoms with Crippen LogP contribution in [0.5, 0.6) is 17.2 Å². The number of hydrogen-bond acceptors (Lipinski definition) is 5. The van der Waals surface area contributed by atoms with Crippen molar-refractivity contribution in [2.75, 3.05) is 20.3 Å². The van der Waals surface area contributed by atoms with Gasteiger partial charge in [-0.3, -0.25) is 9.36 Å². The Morgan fingerprint density at radius 3 is 2.26 bits per heavy atom. The zero-order valence-electron chi connectivity index (χ0n) is 15.6. The third kappa shape index (κ3) is 3.98. The zero-order valence-corrected chi connectivity index (χ0v) is 16.4. The second kappa shape index (κ2) is 8.26. The van der Waals surface area contributed by atoms with E-state index >= 15 is 0 Å². The van der Waals surface area contributed by atoms with Crippen LogP contribution in [0.1, 0.15) is 19.4 Å². The minimum Gasteiger partial charge on any atom is -0.497 e. The van der Waals surface area contributed by atoms with Crippen LogP contribution in [0, 0.1) is 4.77 Å². The largest absolute Gasteiger partial charge is 0.497 e. The first-order valence-electron chi connectivity index (χ1n) is 8.76. The fourth-order valence-corrected chi connectivity index (χ4v) is 3.11. The third-order valence-electron chi connectivity index (χ3n) is 4.15. The van der Waals surface area contributed by atoms with E-state index in [1.807, 2.05) is 38.1 Å². The summed E-state index contributed by atoms with van der Waals surface area (Å²) < 4.78 is 18.3. The van der Waals surface area contributed by atoms with Gasteiger partial charge >= 0.3 is 0 Å². The van der Waals surface area contributed by atoms with Gasteiger partial charge in [0.15, 0.2) is 16.3 Å². The number of nitrogens with one attached hydrogen (secondary N) is 1. The maximum absolute atomic E-state index is 13.1. The van der Waals surface area contributed by atoms with Crippen LogP contribution in [-0.4, -0.2) is 29.9 Å². The molecular weight excluding hydrogens is 364 g/mol. The minimum atomic E-state index is -0.173. The minimum absolute atomic E-state index is 0.173. The van der Waals surface area contributed by atoms with E-state index in [-0.39, 0.29) is 5.56 Å². The molecule has 3 aromatic rings. The van der Waals surface area contributed by atoms with Crippen LogP contribution in [0.4, 0.5) is 0 Å². The lowest BCUT2D eigenvalue weighted by Crippen LogP contribution is -2.23. The van der Waals surface area contributed by atoms with Crippen LogP contribution < -0.4 is 19.8 Å². The van der Waals surface area contributed by atoms with Gasteiger partial charge in [-0.05, 0) is 49.8 Å². The molecule has 0 aliphatic carbocycles. The van der Waals surface area contributed by atoms with Crippen LogP contribution >= 0.6 is 12.2 Å². The highest BCUT2D eigenvalue weighted by molar-refractivity contribution is 7.71. The van der Waals surface area contributed by atoms with E-state index in [9.17, 15) is 4.79 Å². The smallest absolute Gasteiger partial charge is 0.262 e. The van der Waals surface area contributed by atoms with Gasteiger partial charge in [0.2, 0.25) is 0 Å². The number of H-pyrrole nitrogens is 1. The number of hydrogen-bond donors (Lipinski definition) is 1. The SMILES string of the molecule is CCOc1cc2[nH]c(=S)n(Cc3ccc(OC)cc3)c(=O)c2cc1OCC. The molecule has 3 rings (SSSR count). The molecule has 1 N–H and O–H groups in total. The van der Waals surface area contributed by atoms with Crippen molar-refractivity contribution in [1.82, 2.24) is 9.55 Å². The summed E-state index contributed by atoms with van der Waals surface area (Å²) in [6, 6.07) is 11.0. The van der Waals surface area contributed by atoms with Crippen LogP contribution in [0.2, 0.25) is 0 Å². The maximum Gasteiger partial charge on any atom is 0.262 e. The highest BCUT2D eigenvalue weighted by atomic mass is 32.1. The number of aromatic amines is 1. The van der Waals surface area contributed by atoms with Crippen LogP contribution in [0.15, 0.2) is 41.2 Å². The second-order valence-electron chi connectivity index (χ2n) is 5.88. The van der Waals surface area contributed by atoms with Crippen molar-refractivity contribution in [3.63, 3.8) is 0 Å². The van der Waals surface area contributed by atoms with E-state index in [1.165, 1.54) is 4.57 Å². The Kier molecular flexibility index (Phi) is 5.81. The molecule has 7 heteroatoms. The number of ether oxygens (including phenoxy) is 3. The lowest BCUT2D eigenvalue weighted by Gasteiger charge is -2.13. The topological polar surface area (TPSA) is 65.5 Å². The van der Waals surface area contributed by atoms with Crippen molar-refractivity contribution >= 4 is 23.1 Å². The van der Waals surface area contributed by atoms with Gasteiger partial charge in [0.05, 0.1) is 37.8 Å². The number of benzene rings is 2. The molecule has 0 fully saturated rings. The van der Waals surface area contributed by atoms with Gasteiger partial charge in [-0.15, -0.1) is 0 Å². The molecule has 0 unspecified atom stereocenters. The molecule has 1 heterocycles. The Bertz CT molecular complexity index is 1050. The van der Waals surface area contributed by atoms with Gasteiger partial charge in [-0.2, -0.15) is 0 Å². The summed E-state index contributed by atoms with van der Waals surface area (Å²) in [6.45, 7) is 5.13. The van der Waals surface area contributed by atoms with Crippen molar-refractivity contribution in [3.05, 3.63) is 57.1 Å². The van der Waals surface area contributed by atoms with Crippen LogP contribution in [0.3, 0.4) is 0 Å². The number of nitrogens with zero attached hydrogens (tertiary/aromatic N) is 1. The number of methoxy groups -OCH3 is 1. The molecule has 2 aromatic carbocycles. The van der Waals surface area contributed by atoms with Crippen molar-refractivity contribution in [2.24, 2.45) is 0 Å². The first-order chi connectivity index (χ1) is 13.1. The average molecular weight is 386 g/mol. The molecule has 0 atom stereocenters. The fourth-order valence-electron chi connectivity index (χ4n) is 2.85. The van der Waals surface area contributed by atoms with Crippen molar-refractivity contribution in [3.8, 4) is 17.2 Å². The molecule has 0 amide bonds. The van der Waals surface area contributed by atoms with E-state index < -0.39 is 0 Å². The monoisotopic (exact) mass is 386 g/mol. The molecule has 1 aromatic heterocycles. The van der Waals surface area contributed by atoms with Gasteiger partial charge in [0, 0.05) is 6.07 Å². The van der Waals surface area contributed by atoms with Gasteiger partial charge in [-0.25, -0.2) is 0 Å². The second-order valence-corrected chi connectivity index (χ2v) is 6.27. The fraction of sp³-hybridized carbons (Fsp3) is 0.300. The summed E-state index contributed by atoms with van der Waals surface area (Å²) in [5.74, 6) is 1.90. The summed E-state index contributed by atoms with van der Waals surface area (Å²) in [6.07, 6.45) is 0. The molecule has 142 valence electrons. The highest BCUT2D eigenvalue weighted by Gasteiger charge is 2.13. The van der Waals surface area contributed by atoms with Crippen molar-refractivity contribution in [1.29, 1.82) is 0 Å². The van der Waals surface area contributed by atoms with E-state index in [0.717, 1.165) is 11.3 Å². The Labute approximate surface area is 162 Å². The standard InChI is InChI=1S/C20H22N2O4S/c1-4-25-17-10-15-16(11-18(17)26-5-2)21-20(27)22(19(15)23)12-13-6-8-14(24-3)9-7-13/h6-11H,4-5,12H2,1-3H3,(H,21,27). The number of fused-ring (bicyclic) bond motifs is 1. The van der Waals surface area contributed by atoms with Gasteiger partial charge < -0.3 is 19.2 Å². The molecule has 27 heavy (non-hydrogen) atoms. The lowest BCUT2D eigenvalue weighted by molar-refractivity contribution is 0.288. The van der Waals surface area contributed by atoms with Gasteiger partial charge in [0.25, 0.3) is 5.56 Å². The number of rotatable bonds is 7. The summed E-state index contributed by atoms with van der Waals surface area (Å²) in [5.41, 5.74) is 1.41. The Balaban J connectivity index is 2.09. The van der Waals surface area contributed by atoms with Crippen LogP contribution in [-0.2, 0) is 6.54 Å². The Morgan fingerprint density at radius 1 is 1.04 bits per heavy atom. The molecule has 0 saturated heterocycles. The molecule has 0 bridgehead atoms. The first kappa shape index (κ1) is 19.0. The van der Waals surface area contributed by atoms with E-state index in [1.54, 1.807) is 19.2 Å². The molecule has 0 radical (unpaired) electrons.